The van der Waals surface area contributed by atoms with Crippen molar-refractivity contribution in [2.24, 2.45) is 5.92 Å². The molecule has 108 valence electrons. The van der Waals surface area contributed by atoms with Gasteiger partial charge in [-0.3, -0.25) is 0 Å². The molecular formula is C16H20BrNO2. The third-order valence-corrected chi connectivity index (χ3v) is 3.24. The minimum atomic E-state index is 0.445. The van der Waals surface area contributed by atoms with Gasteiger partial charge in [0.1, 0.15) is 23.9 Å². The van der Waals surface area contributed by atoms with Crippen LogP contribution < -0.4 is 10.1 Å². The van der Waals surface area contributed by atoms with E-state index >= 15 is 0 Å². The van der Waals surface area contributed by atoms with E-state index < -0.39 is 0 Å². The highest BCUT2D eigenvalue weighted by Gasteiger charge is 2.04. The molecule has 2 rings (SSSR count). The molecule has 4 heteroatoms. The molecule has 1 aromatic heterocycles. The van der Waals surface area contributed by atoms with Crippen LogP contribution in [-0.4, -0.2) is 6.54 Å². The first-order chi connectivity index (χ1) is 9.63. The fourth-order valence-corrected chi connectivity index (χ4v) is 2.17. The van der Waals surface area contributed by atoms with Crippen molar-refractivity contribution < 1.29 is 9.15 Å². The van der Waals surface area contributed by atoms with E-state index in [9.17, 15) is 0 Å². The minimum Gasteiger partial charge on any atom is -0.486 e. The third kappa shape index (κ3) is 5.02. The first-order valence-corrected chi connectivity index (χ1v) is 7.59. The molecule has 0 bridgehead atoms. The summed E-state index contributed by atoms with van der Waals surface area (Å²) in [5, 5.41) is 3.35. The molecule has 0 radical (unpaired) electrons. The number of ether oxygens (including phenoxy) is 1. The molecule has 0 amide bonds. The van der Waals surface area contributed by atoms with Gasteiger partial charge in [-0.1, -0.05) is 35.8 Å². The molecule has 1 heterocycles. The standard InChI is InChI=1S/C16H20BrNO2/c1-12(2)9-18-10-15-6-7-16(20-15)11-19-14-5-3-4-13(17)8-14/h3-8,12,18H,9-11H2,1-2H3. The molecule has 0 atom stereocenters. The Hall–Kier alpha value is -1.26. The number of rotatable bonds is 7. The molecule has 1 aromatic carbocycles. The Labute approximate surface area is 128 Å². The fourth-order valence-electron chi connectivity index (χ4n) is 1.79. The maximum atomic E-state index is 5.72. The molecular weight excluding hydrogens is 318 g/mol. The van der Waals surface area contributed by atoms with Crippen molar-refractivity contribution in [2.45, 2.75) is 27.0 Å². The van der Waals surface area contributed by atoms with Crippen molar-refractivity contribution in [1.29, 1.82) is 0 Å². The zero-order valence-corrected chi connectivity index (χ0v) is 13.4. The van der Waals surface area contributed by atoms with Gasteiger partial charge >= 0.3 is 0 Å². The molecule has 1 N–H and O–H groups in total. The summed E-state index contributed by atoms with van der Waals surface area (Å²) < 4.78 is 12.4. The Morgan fingerprint density at radius 2 is 2.00 bits per heavy atom. The van der Waals surface area contributed by atoms with Gasteiger partial charge in [-0.25, -0.2) is 0 Å². The van der Waals surface area contributed by atoms with Gasteiger partial charge in [-0.15, -0.1) is 0 Å². The van der Waals surface area contributed by atoms with Gasteiger partial charge in [0.05, 0.1) is 6.54 Å². The SMILES string of the molecule is CC(C)CNCc1ccc(COc2cccc(Br)c2)o1. The molecule has 0 unspecified atom stereocenters. The van der Waals surface area contributed by atoms with E-state index in [4.69, 9.17) is 9.15 Å². The first-order valence-electron chi connectivity index (χ1n) is 6.80. The molecule has 0 saturated carbocycles. The fraction of sp³-hybridized carbons (Fsp3) is 0.375. The zero-order chi connectivity index (χ0) is 14.4. The van der Waals surface area contributed by atoms with Crippen LogP contribution in [-0.2, 0) is 13.2 Å². The lowest BCUT2D eigenvalue weighted by Gasteiger charge is -2.06. The highest BCUT2D eigenvalue weighted by Crippen LogP contribution is 2.19. The zero-order valence-electron chi connectivity index (χ0n) is 11.9. The van der Waals surface area contributed by atoms with Gasteiger partial charge in [-0.05, 0) is 42.8 Å². The maximum absolute atomic E-state index is 5.72. The van der Waals surface area contributed by atoms with E-state index in [1.165, 1.54) is 0 Å². The Kier molecular flexibility index (Phi) is 5.68. The lowest BCUT2D eigenvalue weighted by molar-refractivity contribution is 0.264. The van der Waals surface area contributed by atoms with E-state index in [2.05, 4.69) is 35.1 Å². The summed E-state index contributed by atoms with van der Waals surface area (Å²) in [7, 11) is 0. The quantitative estimate of drug-likeness (QED) is 0.814. The Morgan fingerprint density at radius 1 is 1.20 bits per heavy atom. The highest BCUT2D eigenvalue weighted by atomic mass is 79.9. The summed E-state index contributed by atoms with van der Waals surface area (Å²) in [6.07, 6.45) is 0. The normalized spacial score (nSPS) is 11.0. The van der Waals surface area contributed by atoms with Crippen LogP contribution in [0.15, 0.2) is 45.3 Å². The van der Waals surface area contributed by atoms with E-state index in [-0.39, 0.29) is 0 Å². The molecule has 0 aliphatic carbocycles. The number of hydrogen-bond acceptors (Lipinski definition) is 3. The van der Waals surface area contributed by atoms with Gasteiger partial charge in [0.15, 0.2) is 0 Å². The van der Waals surface area contributed by atoms with Gasteiger partial charge in [0, 0.05) is 4.47 Å². The summed E-state index contributed by atoms with van der Waals surface area (Å²) in [4.78, 5) is 0. The Bertz CT molecular complexity index is 537. The molecule has 2 aromatic rings. The van der Waals surface area contributed by atoms with Gasteiger partial charge in [0.25, 0.3) is 0 Å². The van der Waals surface area contributed by atoms with Crippen molar-refractivity contribution in [3.63, 3.8) is 0 Å². The molecule has 3 nitrogen and oxygen atoms in total. The van der Waals surface area contributed by atoms with E-state index in [0.717, 1.165) is 34.8 Å². The average Bonchev–Trinajstić information content (AvgIpc) is 2.84. The highest BCUT2D eigenvalue weighted by molar-refractivity contribution is 9.10. The monoisotopic (exact) mass is 337 g/mol. The van der Waals surface area contributed by atoms with Gasteiger partial charge in [0.2, 0.25) is 0 Å². The van der Waals surface area contributed by atoms with Crippen LogP contribution in [0.3, 0.4) is 0 Å². The second kappa shape index (κ2) is 7.50. The van der Waals surface area contributed by atoms with Crippen LogP contribution >= 0.6 is 15.9 Å². The molecule has 0 spiro atoms. The third-order valence-electron chi connectivity index (χ3n) is 2.75. The predicted molar refractivity (Wildman–Crippen MR) is 83.7 cm³/mol. The summed E-state index contributed by atoms with van der Waals surface area (Å²) >= 11 is 3.42. The van der Waals surface area contributed by atoms with Crippen LogP contribution in [0.2, 0.25) is 0 Å². The lowest BCUT2D eigenvalue weighted by Crippen LogP contribution is -2.18. The molecule has 0 aliphatic rings. The van der Waals surface area contributed by atoms with Crippen LogP contribution in [0.4, 0.5) is 0 Å². The average molecular weight is 338 g/mol. The van der Waals surface area contributed by atoms with Gasteiger partial charge in [-0.2, -0.15) is 0 Å². The number of benzene rings is 1. The van der Waals surface area contributed by atoms with E-state index in [1.54, 1.807) is 0 Å². The first kappa shape index (κ1) is 15.1. The smallest absolute Gasteiger partial charge is 0.146 e. The summed E-state index contributed by atoms with van der Waals surface area (Å²) in [5.41, 5.74) is 0. The topological polar surface area (TPSA) is 34.4 Å². The van der Waals surface area contributed by atoms with Crippen molar-refractivity contribution in [3.05, 3.63) is 52.4 Å². The molecule has 0 fully saturated rings. The van der Waals surface area contributed by atoms with Crippen molar-refractivity contribution in [3.8, 4) is 5.75 Å². The van der Waals surface area contributed by atoms with Crippen molar-refractivity contribution in [2.75, 3.05) is 6.54 Å². The summed E-state index contributed by atoms with van der Waals surface area (Å²) in [5.74, 6) is 3.25. The van der Waals surface area contributed by atoms with Gasteiger partial charge < -0.3 is 14.5 Å². The van der Waals surface area contributed by atoms with Crippen LogP contribution in [0.1, 0.15) is 25.4 Å². The van der Waals surface area contributed by atoms with E-state index in [1.807, 2.05) is 36.4 Å². The van der Waals surface area contributed by atoms with Crippen molar-refractivity contribution in [1.82, 2.24) is 5.32 Å². The second-order valence-electron chi connectivity index (χ2n) is 5.14. The van der Waals surface area contributed by atoms with Crippen LogP contribution in [0, 0.1) is 5.92 Å². The Morgan fingerprint density at radius 3 is 2.75 bits per heavy atom. The maximum Gasteiger partial charge on any atom is 0.146 e. The molecule has 0 saturated heterocycles. The lowest BCUT2D eigenvalue weighted by atomic mass is 10.2. The molecule has 20 heavy (non-hydrogen) atoms. The van der Waals surface area contributed by atoms with Crippen LogP contribution in [0.25, 0.3) is 0 Å². The summed E-state index contributed by atoms with van der Waals surface area (Å²) in [6, 6.07) is 11.7. The van der Waals surface area contributed by atoms with E-state index in [0.29, 0.717) is 12.5 Å². The second-order valence-corrected chi connectivity index (χ2v) is 6.05. The van der Waals surface area contributed by atoms with Crippen molar-refractivity contribution >= 4 is 15.9 Å². The molecule has 0 aliphatic heterocycles. The van der Waals surface area contributed by atoms with Crippen LogP contribution in [0.5, 0.6) is 5.75 Å². The Balaban J connectivity index is 1.80. The number of furan rings is 1. The minimum absolute atomic E-state index is 0.445. The number of halogens is 1. The predicted octanol–water partition coefficient (Wildman–Crippen LogP) is 4.37. The largest absolute Gasteiger partial charge is 0.486 e. The number of hydrogen-bond donors (Lipinski definition) is 1. The summed E-state index contributed by atoms with van der Waals surface area (Å²) in [6.45, 7) is 6.57. The number of nitrogens with one attached hydrogen (secondary N) is 1.